The maximum Gasteiger partial charge on any atom is 0.246 e. The number of hydrogen-bond donors (Lipinski definition) is 1. The number of piperazine rings is 1. The first kappa shape index (κ1) is 21.1. The summed E-state index contributed by atoms with van der Waals surface area (Å²) in [7, 11) is -3.46. The second-order valence-electron chi connectivity index (χ2n) is 8.43. The lowest BCUT2D eigenvalue weighted by atomic mass is 10.1. The van der Waals surface area contributed by atoms with Gasteiger partial charge in [-0.15, -0.1) is 0 Å². The van der Waals surface area contributed by atoms with Gasteiger partial charge in [0.2, 0.25) is 21.8 Å². The largest absolute Gasteiger partial charge is 0.339 e. The molecule has 0 bridgehead atoms. The van der Waals surface area contributed by atoms with Crippen LogP contribution in [0, 0.1) is 5.92 Å². The van der Waals surface area contributed by atoms with E-state index in [1.807, 2.05) is 4.90 Å². The number of hydrogen-bond acceptors (Lipinski definition) is 4. The van der Waals surface area contributed by atoms with Gasteiger partial charge in [-0.2, -0.15) is 0 Å². The molecule has 2 aliphatic carbocycles. The molecule has 1 heterocycles. The minimum Gasteiger partial charge on any atom is -0.339 e. The molecule has 1 aliphatic heterocycles. The zero-order chi connectivity index (χ0) is 21.1. The van der Waals surface area contributed by atoms with Gasteiger partial charge in [0, 0.05) is 44.2 Å². The third kappa shape index (κ3) is 5.10. The summed E-state index contributed by atoms with van der Waals surface area (Å²) in [5.41, 5.74) is 0.767. The molecule has 0 aromatic heterocycles. The van der Waals surface area contributed by atoms with Gasteiger partial charge in [0.25, 0.3) is 0 Å². The van der Waals surface area contributed by atoms with E-state index < -0.39 is 10.0 Å². The second kappa shape index (κ2) is 8.89. The Morgan fingerprint density at radius 2 is 1.50 bits per heavy atom. The summed E-state index contributed by atoms with van der Waals surface area (Å²) in [6.07, 6.45) is 9.28. The summed E-state index contributed by atoms with van der Waals surface area (Å²) in [6.45, 7) is 2.28. The summed E-state index contributed by atoms with van der Waals surface area (Å²) in [6, 6.07) is 6.58. The van der Waals surface area contributed by atoms with Crippen molar-refractivity contribution in [2.75, 3.05) is 26.2 Å². The maximum atomic E-state index is 12.5. The van der Waals surface area contributed by atoms with Crippen LogP contribution in [0.2, 0.25) is 0 Å². The fourth-order valence-electron chi connectivity index (χ4n) is 4.10. The van der Waals surface area contributed by atoms with Gasteiger partial charge in [0.15, 0.2) is 0 Å². The molecule has 1 saturated heterocycles. The fraction of sp³-hybridized carbons (Fsp3) is 0.545. The first-order valence-corrected chi connectivity index (χ1v) is 12.3. The molecule has 30 heavy (non-hydrogen) atoms. The molecule has 0 radical (unpaired) electrons. The van der Waals surface area contributed by atoms with Gasteiger partial charge >= 0.3 is 0 Å². The fourth-order valence-corrected chi connectivity index (χ4v) is 5.40. The van der Waals surface area contributed by atoms with E-state index in [2.05, 4.69) is 4.72 Å². The van der Waals surface area contributed by atoms with Crippen molar-refractivity contribution in [3.63, 3.8) is 0 Å². The lowest BCUT2D eigenvalue weighted by molar-refractivity contribution is -0.140. The minimum atomic E-state index is -3.46. The predicted molar refractivity (Wildman–Crippen MR) is 114 cm³/mol. The summed E-state index contributed by atoms with van der Waals surface area (Å²) in [5.74, 6) is 0.342. The van der Waals surface area contributed by atoms with Crippen LogP contribution in [0.5, 0.6) is 0 Å². The summed E-state index contributed by atoms with van der Waals surface area (Å²) < 4.78 is 27.1. The van der Waals surface area contributed by atoms with Gasteiger partial charge in [-0.25, -0.2) is 13.1 Å². The van der Waals surface area contributed by atoms with E-state index in [1.165, 1.54) is 6.08 Å². The number of nitrogens with one attached hydrogen (secondary N) is 1. The topological polar surface area (TPSA) is 86.8 Å². The van der Waals surface area contributed by atoms with Crippen molar-refractivity contribution in [3.8, 4) is 0 Å². The third-order valence-electron chi connectivity index (χ3n) is 6.12. The number of amides is 2. The van der Waals surface area contributed by atoms with E-state index in [1.54, 1.807) is 35.2 Å². The Labute approximate surface area is 178 Å². The Bertz CT molecular complexity index is 908. The van der Waals surface area contributed by atoms with Crippen LogP contribution in [0.15, 0.2) is 35.2 Å². The van der Waals surface area contributed by atoms with E-state index in [9.17, 15) is 18.0 Å². The van der Waals surface area contributed by atoms with Crippen LogP contribution < -0.4 is 4.72 Å². The number of nitrogens with zero attached hydrogens (tertiary/aromatic N) is 2. The van der Waals surface area contributed by atoms with Crippen LogP contribution in [0.25, 0.3) is 6.08 Å². The number of carbonyl (C=O) groups excluding carboxylic acids is 2. The predicted octanol–water partition coefficient (Wildman–Crippen LogP) is 2.00. The molecule has 2 amide bonds. The standard InChI is InChI=1S/C22H29N3O4S/c26-21(24-13-15-25(16-14-24)22(27)18-3-1-2-4-18)12-7-17-5-10-20(11-6-17)30(28,29)23-19-8-9-19/h5-7,10-12,18-19,23H,1-4,8-9,13-16H2/b12-7+. The molecule has 3 aliphatic rings. The van der Waals surface area contributed by atoms with Gasteiger partial charge in [-0.05, 0) is 49.5 Å². The van der Waals surface area contributed by atoms with Crippen molar-refractivity contribution in [2.24, 2.45) is 5.92 Å². The van der Waals surface area contributed by atoms with E-state index in [0.29, 0.717) is 26.2 Å². The van der Waals surface area contributed by atoms with E-state index >= 15 is 0 Å². The Hall–Kier alpha value is -2.19. The molecule has 8 heteroatoms. The zero-order valence-corrected chi connectivity index (χ0v) is 17.9. The average Bonchev–Trinajstić information content (AvgIpc) is 3.38. The molecule has 0 atom stereocenters. The molecule has 0 unspecified atom stereocenters. The highest BCUT2D eigenvalue weighted by Gasteiger charge is 2.30. The van der Waals surface area contributed by atoms with Crippen LogP contribution in [-0.4, -0.2) is 62.3 Å². The van der Waals surface area contributed by atoms with Crippen molar-refractivity contribution in [2.45, 2.75) is 49.5 Å². The molecule has 0 spiro atoms. The van der Waals surface area contributed by atoms with Gasteiger partial charge in [0.05, 0.1) is 4.90 Å². The number of rotatable bonds is 6. The van der Waals surface area contributed by atoms with Crippen molar-refractivity contribution >= 4 is 27.9 Å². The summed E-state index contributed by atoms with van der Waals surface area (Å²) >= 11 is 0. The van der Waals surface area contributed by atoms with E-state index in [0.717, 1.165) is 44.1 Å². The van der Waals surface area contributed by atoms with Crippen molar-refractivity contribution in [1.29, 1.82) is 0 Å². The number of sulfonamides is 1. The van der Waals surface area contributed by atoms with E-state index in [4.69, 9.17) is 0 Å². The number of benzene rings is 1. The molecular formula is C22H29N3O4S. The highest BCUT2D eigenvalue weighted by atomic mass is 32.2. The van der Waals surface area contributed by atoms with Crippen LogP contribution in [0.4, 0.5) is 0 Å². The van der Waals surface area contributed by atoms with Crippen molar-refractivity contribution in [1.82, 2.24) is 14.5 Å². The maximum absolute atomic E-state index is 12.5. The molecule has 2 saturated carbocycles. The molecule has 162 valence electrons. The third-order valence-corrected chi connectivity index (χ3v) is 7.65. The summed E-state index contributed by atoms with van der Waals surface area (Å²) in [5, 5.41) is 0. The van der Waals surface area contributed by atoms with Gasteiger partial charge in [-0.3, -0.25) is 9.59 Å². The molecule has 7 nitrogen and oxygen atoms in total. The Balaban J connectivity index is 1.28. The van der Waals surface area contributed by atoms with Crippen LogP contribution >= 0.6 is 0 Å². The zero-order valence-electron chi connectivity index (χ0n) is 17.1. The highest BCUT2D eigenvalue weighted by Crippen LogP contribution is 2.27. The normalized spacial score (nSPS) is 20.8. The highest BCUT2D eigenvalue weighted by molar-refractivity contribution is 7.89. The van der Waals surface area contributed by atoms with Crippen LogP contribution in [-0.2, 0) is 19.6 Å². The SMILES string of the molecule is O=C(/C=C/c1ccc(S(=O)(=O)NC2CC2)cc1)N1CCN(C(=O)C2CCCC2)CC1. The Kier molecular flexibility index (Phi) is 6.24. The molecule has 3 fully saturated rings. The first-order valence-electron chi connectivity index (χ1n) is 10.8. The minimum absolute atomic E-state index is 0.0705. The van der Waals surface area contributed by atoms with Crippen molar-refractivity contribution < 1.29 is 18.0 Å². The number of carbonyl (C=O) groups is 2. The second-order valence-corrected chi connectivity index (χ2v) is 10.1. The van der Waals surface area contributed by atoms with Crippen LogP contribution in [0.3, 0.4) is 0 Å². The summed E-state index contributed by atoms with van der Waals surface area (Å²) in [4.78, 5) is 28.9. The molecule has 1 N–H and O–H groups in total. The van der Waals surface area contributed by atoms with Crippen molar-refractivity contribution in [3.05, 3.63) is 35.9 Å². The molecule has 1 aromatic rings. The van der Waals surface area contributed by atoms with E-state index in [-0.39, 0.29) is 28.7 Å². The molecular weight excluding hydrogens is 402 g/mol. The Morgan fingerprint density at radius 3 is 2.10 bits per heavy atom. The van der Waals surface area contributed by atoms with Gasteiger partial charge in [0.1, 0.15) is 0 Å². The molecule has 4 rings (SSSR count). The quantitative estimate of drug-likeness (QED) is 0.698. The molecule has 1 aromatic carbocycles. The lowest BCUT2D eigenvalue weighted by Crippen LogP contribution is -2.51. The van der Waals surface area contributed by atoms with Crippen LogP contribution in [0.1, 0.15) is 44.1 Å². The Morgan fingerprint density at radius 1 is 0.900 bits per heavy atom. The smallest absolute Gasteiger partial charge is 0.246 e. The average molecular weight is 432 g/mol. The monoisotopic (exact) mass is 431 g/mol. The lowest BCUT2D eigenvalue weighted by Gasteiger charge is -2.35. The van der Waals surface area contributed by atoms with Gasteiger partial charge < -0.3 is 9.80 Å². The van der Waals surface area contributed by atoms with Gasteiger partial charge in [-0.1, -0.05) is 25.0 Å². The first-order chi connectivity index (χ1) is 14.4.